The topological polar surface area (TPSA) is 41.1 Å². The molecule has 18 heavy (non-hydrogen) atoms. The van der Waals surface area contributed by atoms with E-state index in [-0.39, 0.29) is 5.91 Å². The van der Waals surface area contributed by atoms with Crippen LogP contribution in [-0.4, -0.2) is 19.0 Å². The maximum Gasteiger partial charge on any atom is 0.224 e. The van der Waals surface area contributed by atoms with Gasteiger partial charge in [-0.15, -0.1) is 0 Å². The molecule has 4 heteroatoms. The van der Waals surface area contributed by atoms with Gasteiger partial charge in [0.1, 0.15) is 0 Å². The Balaban J connectivity index is 1.88. The summed E-state index contributed by atoms with van der Waals surface area (Å²) in [6.07, 6.45) is 2.96. The van der Waals surface area contributed by atoms with Crippen LogP contribution in [0.25, 0.3) is 0 Å². The van der Waals surface area contributed by atoms with Gasteiger partial charge in [0.05, 0.1) is 0 Å². The van der Waals surface area contributed by atoms with Crippen molar-refractivity contribution in [2.75, 3.05) is 18.4 Å². The first kappa shape index (κ1) is 13.8. The maximum absolute atomic E-state index is 11.9. The number of aryl methyl sites for hydroxylation is 1. The quantitative estimate of drug-likeness (QED) is 0.816. The van der Waals surface area contributed by atoms with E-state index < -0.39 is 0 Å². The highest BCUT2D eigenvalue weighted by Crippen LogP contribution is 2.19. The monoisotopic (exact) mass is 358 g/mol. The van der Waals surface area contributed by atoms with Crippen molar-refractivity contribution < 1.29 is 4.79 Å². The molecule has 1 aliphatic rings. The molecule has 0 aromatic heterocycles. The minimum Gasteiger partial charge on any atom is -0.326 e. The number of halogens is 1. The first-order valence-corrected chi connectivity index (χ1v) is 7.50. The number of benzene rings is 1. The lowest BCUT2D eigenvalue weighted by atomic mass is 9.96. The molecule has 2 rings (SSSR count). The van der Waals surface area contributed by atoms with Gasteiger partial charge in [0, 0.05) is 15.7 Å². The predicted molar refractivity (Wildman–Crippen MR) is 82.7 cm³/mol. The summed E-state index contributed by atoms with van der Waals surface area (Å²) in [6.45, 7) is 4.13. The summed E-state index contributed by atoms with van der Waals surface area (Å²) in [4.78, 5) is 11.9. The Hall–Kier alpha value is -0.620. The molecular weight excluding hydrogens is 339 g/mol. The molecule has 0 bridgehead atoms. The molecule has 98 valence electrons. The van der Waals surface area contributed by atoms with E-state index in [9.17, 15) is 4.79 Å². The number of amides is 1. The van der Waals surface area contributed by atoms with E-state index in [0.717, 1.165) is 25.2 Å². The van der Waals surface area contributed by atoms with Crippen LogP contribution >= 0.6 is 22.6 Å². The Morgan fingerprint density at radius 1 is 1.56 bits per heavy atom. The van der Waals surface area contributed by atoms with Gasteiger partial charge in [-0.25, -0.2) is 0 Å². The lowest BCUT2D eigenvalue weighted by Gasteiger charge is -2.22. The fourth-order valence-electron chi connectivity index (χ4n) is 2.24. The molecule has 0 aliphatic carbocycles. The fraction of sp³-hybridized carbons (Fsp3) is 0.500. The molecule has 1 amide bonds. The van der Waals surface area contributed by atoms with Gasteiger partial charge in [-0.2, -0.15) is 0 Å². The number of hydrogen-bond donors (Lipinski definition) is 2. The Morgan fingerprint density at radius 3 is 3.06 bits per heavy atom. The fourth-order valence-corrected chi connectivity index (χ4v) is 2.76. The summed E-state index contributed by atoms with van der Waals surface area (Å²) in [6, 6.07) is 6.03. The summed E-state index contributed by atoms with van der Waals surface area (Å²) in [5.41, 5.74) is 2.14. The van der Waals surface area contributed by atoms with Crippen molar-refractivity contribution in [3.05, 3.63) is 27.3 Å². The first-order chi connectivity index (χ1) is 8.65. The number of anilines is 1. The van der Waals surface area contributed by atoms with E-state index in [1.54, 1.807) is 0 Å². The van der Waals surface area contributed by atoms with Crippen LogP contribution in [0.1, 0.15) is 24.8 Å². The zero-order valence-corrected chi connectivity index (χ0v) is 12.8. The minimum atomic E-state index is 0.128. The molecule has 1 saturated heterocycles. The van der Waals surface area contributed by atoms with Gasteiger partial charge in [-0.05, 0) is 79.1 Å². The van der Waals surface area contributed by atoms with Gasteiger partial charge < -0.3 is 10.6 Å². The molecule has 1 unspecified atom stereocenters. The summed E-state index contributed by atoms with van der Waals surface area (Å²) in [7, 11) is 0. The number of carbonyl (C=O) groups excluding carboxylic acids is 1. The molecule has 0 saturated carbocycles. The Morgan fingerprint density at radius 2 is 2.39 bits per heavy atom. The van der Waals surface area contributed by atoms with E-state index in [1.165, 1.54) is 15.6 Å². The van der Waals surface area contributed by atoms with Gasteiger partial charge in [0.15, 0.2) is 0 Å². The molecule has 1 aromatic rings. The van der Waals surface area contributed by atoms with Crippen molar-refractivity contribution >= 4 is 34.2 Å². The summed E-state index contributed by atoms with van der Waals surface area (Å²) in [5.74, 6) is 0.617. The van der Waals surface area contributed by atoms with E-state index in [2.05, 4.69) is 40.1 Å². The van der Waals surface area contributed by atoms with Crippen molar-refractivity contribution in [2.24, 2.45) is 5.92 Å². The number of carbonyl (C=O) groups is 1. The van der Waals surface area contributed by atoms with E-state index in [0.29, 0.717) is 12.3 Å². The van der Waals surface area contributed by atoms with E-state index >= 15 is 0 Å². The highest BCUT2D eigenvalue weighted by atomic mass is 127. The normalized spacial score (nSPS) is 19.6. The lowest BCUT2D eigenvalue weighted by Crippen LogP contribution is -2.32. The number of rotatable bonds is 3. The molecule has 1 aromatic carbocycles. The standard InChI is InChI=1S/C14H19IN2O/c1-10-4-5-12(8-13(10)15)17-14(18)7-11-3-2-6-16-9-11/h4-5,8,11,16H,2-3,6-7,9H2,1H3,(H,17,18). The van der Waals surface area contributed by atoms with Crippen molar-refractivity contribution in [1.82, 2.24) is 5.32 Å². The third-order valence-electron chi connectivity index (χ3n) is 3.33. The predicted octanol–water partition coefficient (Wildman–Crippen LogP) is 2.93. The van der Waals surface area contributed by atoms with Crippen LogP contribution in [0.4, 0.5) is 5.69 Å². The summed E-state index contributed by atoms with van der Waals surface area (Å²) in [5, 5.41) is 6.33. The van der Waals surface area contributed by atoms with Crippen LogP contribution in [0.3, 0.4) is 0 Å². The molecule has 1 fully saturated rings. The van der Waals surface area contributed by atoms with Crippen molar-refractivity contribution in [1.29, 1.82) is 0 Å². The molecule has 3 nitrogen and oxygen atoms in total. The SMILES string of the molecule is Cc1ccc(NC(=O)CC2CCCNC2)cc1I. The van der Waals surface area contributed by atoms with Crippen LogP contribution < -0.4 is 10.6 Å². The Kier molecular flexibility index (Phi) is 5.00. The Labute approximate surface area is 122 Å². The first-order valence-electron chi connectivity index (χ1n) is 6.42. The lowest BCUT2D eigenvalue weighted by molar-refractivity contribution is -0.117. The number of piperidine rings is 1. The van der Waals surface area contributed by atoms with Crippen LogP contribution in [0.2, 0.25) is 0 Å². The summed E-state index contributed by atoms with van der Waals surface area (Å²) >= 11 is 2.29. The van der Waals surface area contributed by atoms with Gasteiger partial charge in [-0.3, -0.25) is 4.79 Å². The van der Waals surface area contributed by atoms with Crippen LogP contribution in [0.15, 0.2) is 18.2 Å². The van der Waals surface area contributed by atoms with Crippen LogP contribution in [-0.2, 0) is 4.79 Å². The van der Waals surface area contributed by atoms with Gasteiger partial charge in [0.2, 0.25) is 5.91 Å². The van der Waals surface area contributed by atoms with Gasteiger partial charge in [-0.1, -0.05) is 6.07 Å². The minimum absolute atomic E-state index is 0.128. The molecule has 2 N–H and O–H groups in total. The average molecular weight is 358 g/mol. The van der Waals surface area contributed by atoms with Crippen molar-refractivity contribution in [3.8, 4) is 0 Å². The van der Waals surface area contributed by atoms with Crippen LogP contribution in [0, 0.1) is 16.4 Å². The highest BCUT2D eigenvalue weighted by molar-refractivity contribution is 14.1. The number of hydrogen-bond acceptors (Lipinski definition) is 2. The molecule has 0 radical (unpaired) electrons. The van der Waals surface area contributed by atoms with E-state index in [1.807, 2.05) is 18.2 Å². The molecule has 1 atom stereocenters. The van der Waals surface area contributed by atoms with Gasteiger partial charge >= 0.3 is 0 Å². The average Bonchev–Trinajstić information content (AvgIpc) is 2.35. The second-order valence-electron chi connectivity index (χ2n) is 4.93. The summed E-state index contributed by atoms with van der Waals surface area (Å²) < 4.78 is 1.18. The molecule has 1 heterocycles. The van der Waals surface area contributed by atoms with Crippen LogP contribution in [0.5, 0.6) is 0 Å². The third-order valence-corrected chi connectivity index (χ3v) is 4.49. The van der Waals surface area contributed by atoms with Crippen molar-refractivity contribution in [3.63, 3.8) is 0 Å². The zero-order valence-electron chi connectivity index (χ0n) is 10.6. The molecular formula is C14H19IN2O. The van der Waals surface area contributed by atoms with E-state index in [4.69, 9.17) is 0 Å². The Bertz CT molecular complexity index is 428. The second kappa shape index (κ2) is 6.52. The van der Waals surface area contributed by atoms with Gasteiger partial charge in [0.25, 0.3) is 0 Å². The highest BCUT2D eigenvalue weighted by Gasteiger charge is 2.16. The smallest absolute Gasteiger partial charge is 0.224 e. The zero-order chi connectivity index (χ0) is 13.0. The maximum atomic E-state index is 11.9. The third kappa shape index (κ3) is 3.95. The molecule has 1 aliphatic heterocycles. The van der Waals surface area contributed by atoms with Crippen molar-refractivity contribution in [2.45, 2.75) is 26.2 Å². The largest absolute Gasteiger partial charge is 0.326 e. The number of nitrogens with one attached hydrogen (secondary N) is 2. The molecule has 0 spiro atoms. The second-order valence-corrected chi connectivity index (χ2v) is 6.09.